The smallest absolute Gasteiger partial charge is 0.330 e. The minimum absolute atomic E-state index is 0.286. The first kappa shape index (κ1) is 15.5. The van der Waals surface area contributed by atoms with Crippen LogP contribution in [0.3, 0.4) is 0 Å². The summed E-state index contributed by atoms with van der Waals surface area (Å²) < 4.78 is 4.72. The van der Waals surface area contributed by atoms with E-state index in [4.69, 9.17) is 4.74 Å². The van der Waals surface area contributed by atoms with Crippen LogP contribution in [0.2, 0.25) is 0 Å². The predicted octanol–water partition coefficient (Wildman–Crippen LogP) is 4.41. The zero-order chi connectivity index (χ0) is 14.4. The van der Waals surface area contributed by atoms with Crippen molar-refractivity contribution in [3.8, 4) is 0 Å². The summed E-state index contributed by atoms with van der Waals surface area (Å²) in [5.74, 6) is 0.560. The third kappa shape index (κ3) is 4.23. The van der Waals surface area contributed by atoms with Crippen LogP contribution < -0.4 is 0 Å². The molecule has 2 nitrogen and oxygen atoms in total. The second-order valence-corrected chi connectivity index (χ2v) is 5.21. The minimum atomic E-state index is -0.297. The molecule has 0 N–H and O–H groups in total. The van der Waals surface area contributed by atoms with Gasteiger partial charge in [0.25, 0.3) is 0 Å². The molecule has 0 heterocycles. The van der Waals surface area contributed by atoms with Gasteiger partial charge in [0, 0.05) is 6.08 Å². The molecule has 0 amide bonds. The highest BCUT2D eigenvalue weighted by Gasteiger charge is 2.10. The number of rotatable bonds is 5. The van der Waals surface area contributed by atoms with E-state index in [-0.39, 0.29) is 11.9 Å². The molecule has 0 aliphatic heterocycles. The Morgan fingerprint density at radius 3 is 2.21 bits per heavy atom. The molecule has 0 saturated carbocycles. The maximum Gasteiger partial charge on any atom is 0.330 e. The zero-order valence-electron chi connectivity index (χ0n) is 12.6. The topological polar surface area (TPSA) is 26.3 Å². The molecule has 1 aromatic rings. The maximum atomic E-state index is 11.4. The summed E-state index contributed by atoms with van der Waals surface area (Å²) >= 11 is 0. The lowest BCUT2D eigenvalue weighted by atomic mass is 9.91. The molecule has 104 valence electrons. The summed E-state index contributed by atoms with van der Waals surface area (Å²) in [5.41, 5.74) is 3.45. The summed E-state index contributed by atoms with van der Waals surface area (Å²) in [6.45, 7) is 8.58. The molecule has 1 unspecified atom stereocenters. The number of methoxy groups -OCH3 is 1. The first-order valence-corrected chi connectivity index (χ1v) is 6.89. The second kappa shape index (κ2) is 7.13. The van der Waals surface area contributed by atoms with Crippen molar-refractivity contribution in [2.75, 3.05) is 7.11 Å². The Labute approximate surface area is 116 Å². The molecule has 0 aliphatic carbocycles. The van der Waals surface area contributed by atoms with Crippen molar-refractivity contribution < 1.29 is 9.53 Å². The monoisotopic (exact) mass is 260 g/mol. The number of hydrogen-bond acceptors (Lipinski definition) is 2. The average molecular weight is 260 g/mol. The van der Waals surface area contributed by atoms with Gasteiger partial charge in [0.15, 0.2) is 0 Å². The molecule has 1 atom stereocenters. The Bertz CT molecular complexity index is 441. The molecular formula is C17H24O2. The van der Waals surface area contributed by atoms with Crippen LogP contribution in [0.1, 0.15) is 51.2 Å². The van der Waals surface area contributed by atoms with Crippen LogP contribution in [0.15, 0.2) is 30.3 Å². The van der Waals surface area contributed by atoms with Crippen molar-refractivity contribution in [2.45, 2.75) is 40.0 Å². The number of allylic oxidation sites excluding steroid dienone is 1. The van der Waals surface area contributed by atoms with Crippen LogP contribution in [-0.2, 0) is 9.53 Å². The fraction of sp³-hybridized carbons (Fsp3) is 0.471. The van der Waals surface area contributed by atoms with Gasteiger partial charge in [0.2, 0.25) is 0 Å². The van der Waals surface area contributed by atoms with Crippen molar-refractivity contribution in [1.29, 1.82) is 0 Å². The van der Waals surface area contributed by atoms with Crippen LogP contribution in [-0.4, -0.2) is 13.1 Å². The van der Waals surface area contributed by atoms with Crippen molar-refractivity contribution >= 4 is 11.5 Å². The molecule has 0 aliphatic rings. The zero-order valence-corrected chi connectivity index (χ0v) is 12.6. The van der Waals surface area contributed by atoms with E-state index >= 15 is 0 Å². The first-order valence-electron chi connectivity index (χ1n) is 6.89. The lowest BCUT2D eigenvalue weighted by Crippen LogP contribution is -2.01. The number of carbonyl (C=O) groups is 1. The van der Waals surface area contributed by atoms with E-state index < -0.39 is 0 Å². The third-order valence-corrected chi connectivity index (χ3v) is 3.52. The second-order valence-electron chi connectivity index (χ2n) is 5.21. The number of carbonyl (C=O) groups excluding carboxylic acids is 1. The minimum Gasteiger partial charge on any atom is -0.466 e. The van der Waals surface area contributed by atoms with Crippen molar-refractivity contribution in [3.63, 3.8) is 0 Å². The molecule has 1 aromatic carbocycles. The summed E-state index contributed by atoms with van der Waals surface area (Å²) in [6, 6.07) is 8.49. The summed E-state index contributed by atoms with van der Waals surface area (Å²) in [7, 11) is 1.41. The molecular weight excluding hydrogens is 236 g/mol. The fourth-order valence-corrected chi connectivity index (χ4v) is 2.01. The molecule has 0 bridgehead atoms. The van der Waals surface area contributed by atoms with Gasteiger partial charge in [-0.2, -0.15) is 0 Å². The number of hydrogen-bond donors (Lipinski definition) is 0. The largest absolute Gasteiger partial charge is 0.466 e. The summed E-state index contributed by atoms with van der Waals surface area (Å²) in [6.07, 6.45) is 2.72. The van der Waals surface area contributed by atoms with Gasteiger partial charge in [-0.25, -0.2) is 4.79 Å². The normalized spacial score (nSPS) is 13.5. The predicted molar refractivity (Wildman–Crippen MR) is 80.0 cm³/mol. The summed E-state index contributed by atoms with van der Waals surface area (Å²) in [4.78, 5) is 11.4. The molecule has 2 heteroatoms. The highest BCUT2D eigenvalue weighted by molar-refractivity contribution is 5.91. The molecule has 0 saturated heterocycles. The van der Waals surface area contributed by atoms with Gasteiger partial charge in [0.1, 0.15) is 0 Å². The highest BCUT2D eigenvalue weighted by atomic mass is 16.5. The molecule has 0 radical (unpaired) electrons. The molecule has 1 rings (SSSR count). The van der Waals surface area contributed by atoms with E-state index in [1.165, 1.54) is 12.7 Å². The lowest BCUT2D eigenvalue weighted by Gasteiger charge is -2.14. The van der Waals surface area contributed by atoms with Gasteiger partial charge >= 0.3 is 5.97 Å². The van der Waals surface area contributed by atoms with Gasteiger partial charge in [-0.1, -0.05) is 52.0 Å². The summed E-state index contributed by atoms with van der Waals surface area (Å²) in [5, 5.41) is 0. The fourth-order valence-electron chi connectivity index (χ4n) is 2.01. The SMILES string of the molecule is CCC(C)c1ccc(C(=CC(=O)OC)C(C)C)cc1. The van der Waals surface area contributed by atoms with E-state index in [1.807, 2.05) is 0 Å². The van der Waals surface area contributed by atoms with Crippen LogP contribution in [0.4, 0.5) is 0 Å². The van der Waals surface area contributed by atoms with Gasteiger partial charge in [-0.05, 0) is 35.0 Å². The van der Waals surface area contributed by atoms with Crippen molar-refractivity contribution in [1.82, 2.24) is 0 Å². The van der Waals surface area contributed by atoms with E-state index in [0.29, 0.717) is 5.92 Å². The first-order chi connectivity index (χ1) is 8.99. The van der Waals surface area contributed by atoms with Crippen LogP contribution >= 0.6 is 0 Å². The van der Waals surface area contributed by atoms with Crippen LogP contribution in [0, 0.1) is 5.92 Å². The van der Waals surface area contributed by atoms with Gasteiger partial charge in [-0.3, -0.25) is 0 Å². The molecule has 19 heavy (non-hydrogen) atoms. The van der Waals surface area contributed by atoms with Crippen molar-refractivity contribution in [3.05, 3.63) is 41.5 Å². The Kier molecular flexibility index (Phi) is 5.81. The maximum absolute atomic E-state index is 11.4. The number of esters is 1. The average Bonchev–Trinajstić information content (AvgIpc) is 2.43. The van der Waals surface area contributed by atoms with E-state index in [0.717, 1.165) is 17.6 Å². The number of ether oxygens (including phenoxy) is 1. The van der Waals surface area contributed by atoms with Crippen LogP contribution in [0.5, 0.6) is 0 Å². The number of benzene rings is 1. The Balaban J connectivity index is 3.05. The van der Waals surface area contributed by atoms with E-state index in [9.17, 15) is 4.79 Å². The Hall–Kier alpha value is -1.57. The van der Waals surface area contributed by atoms with E-state index in [2.05, 4.69) is 52.0 Å². The standard InChI is InChI=1S/C17H24O2/c1-6-13(4)14-7-9-15(10-8-14)16(12(2)3)11-17(18)19-5/h7-13H,6H2,1-5H3. The molecule has 0 fully saturated rings. The van der Waals surface area contributed by atoms with Gasteiger partial charge < -0.3 is 4.74 Å². The third-order valence-electron chi connectivity index (χ3n) is 3.52. The van der Waals surface area contributed by atoms with E-state index in [1.54, 1.807) is 6.08 Å². The quantitative estimate of drug-likeness (QED) is 0.579. The van der Waals surface area contributed by atoms with Gasteiger partial charge in [0.05, 0.1) is 7.11 Å². The molecule has 0 aromatic heterocycles. The molecule has 0 spiro atoms. The Morgan fingerprint density at radius 2 is 1.79 bits per heavy atom. The highest BCUT2D eigenvalue weighted by Crippen LogP contribution is 2.26. The Morgan fingerprint density at radius 1 is 1.21 bits per heavy atom. The van der Waals surface area contributed by atoms with Crippen molar-refractivity contribution in [2.24, 2.45) is 5.92 Å². The van der Waals surface area contributed by atoms with Gasteiger partial charge in [-0.15, -0.1) is 0 Å². The van der Waals surface area contributed by atoms with Crippen LogP contribution in [0.25, 0.3) is 5.57 Å². The lowest BCUT2D eigenvalue weighted by molar-refractivity contribution is -0.134.